The minimum absolute atomic E-state index is 0.0760. The van der Waals surface area contributed by atoms with Crippen LogP contribution in [0.3, 0.4) is 0 Å². The molecule has 1 saturated heterocycles. The molecule has 35 heavy (non-hydrogen) atoms. The van der Waals surface area contributed by atoms with E-state index in [9.17, 15) is 4.79 Å². The van der Waals surface area contributed by atoms with Gasteiger partial charge in [-0.3, -0.25) is 9.69 Å². The maximum Gasteiger partial charge on any atom is 0.255 e. The van der Waals surface area contributed by atoms with Crippen LogP contribution >= 0.6 is 34.8 Å². The van der Waals surface area contributed by atoms with Crippen LogP contribution in [0.5, 0.6) is 5.75 Å². The van der Waals surface area contributed by atoms with E-state index in [-0.39, 0.29) is 12.0 Å². The third-order valence-corrected chi connectivity index (χ3v) is 6.83. The van der Waals surface area contributed by atoms with E-state index in [1.54, 1.807) is 25.3 Å². The van der Waals surface area contributed by atoms with Gasteiger partial charge in [-0.15, -0.1) is 0 Å². The maximum atomic E-state index is 13.0. The van der Waals surface area contributed by atoms with Gasteiger partial charge in [0, 0.05) is 42.8 Å². The second kappa shape index (κ2) is 12.1. The first kappa shape index (κ1) is 25.8. The molecule has 0 aromatic heterocycles. The molecule has 0 aliphatic carbocycles. The van der Waals surface area contributed by atoms with Gasteiger partial charge in [-0.2, -0.15) is 0 Å². The number of nitrogens with zero attached hydrogens (tertiary/aromatic N) is 2. The number of piperazine rings is 1. The number of rotatable bonds is 8. The van der Waals surface area contributed by atoms with E-state index in [0.717, 1.165) is 30.0 Å². The van der Waals surface area contributed by atoms with Crippen LogP contribution < -0.4 is 4.74 Å². The molecule has 3 aromatic rings. The first-order valence-corrected chi connectivity index (χ1v) is 12.5. The molecule has 1 heterocycles. The molecule has 1 unspecified atom stereocenters. The highest BCUT2D eigenvalue weighted by molar-refractivity contribution is 6.36. The quantitative estimate of drug-likeness (QED) is 0.337. The molecule has 0 saturated carbocycles. The molecule has 3 aromatic carbocycles. The number of carbonyl (C=O) groups excluding carboxylic acids is 1. The Hall–Kier alpha value is -2.28. The molecule has 0 bridgehead atoms. The summed E-state index contributed by atoms with van der Waals surface area (Å²) in [5.74, 6) is 0.710. The van der Waals surface area contributed by atoms with Crippen LogP contribution in [0.1, 0.15) is 27.6 Å². The van der Waals surface area contributed by atoms with Gasteiger partial charge in [-0.25, -0.2) is 0 Å². The topological polar surface area (TPSA) is 42.0 Å². The van der Waals surface area contributed by atoms with Crippen molar-refractivity contribution in [1.82, 2.24) is 9.80 Å². The zero-order chi connectivity index (χ0) is 24.8. The summed E-state index contributed by atoms with van der Waals surface area (Å²) in [6.45, 7) is 3.82. The minimum atomic E-state index is -0.169. The van der Waals surface area contributed by atoms with Crippen molar-refractivity contribution in [2.24, 2.45) is 0 Å². The zero-order valence-corrected chi connectivity index (χ0v) is 21.7. The van der Waals surface area contributed by atoms with Crippen LogP contribution in [0, 0.1) is 0 Å². The van der Waals surface area contributed by atoms with Crippen molar-refractivity contribution < 1.29 is 14.3 Å². The first-order valence-electron chi connectivity index (χ1n) is 11.4. The third kappa shape index (κ3) is 6.90. The number of amides is 1. The van der Waals surface area contributed by atoms with Crippen LogP contribution in [0.25, 0.3) is 0 Å². The highest BCUT2D eigenvalue weighted by Gasteiger charge is 2.26. The summed E-state index contributed by atoms with van der Waals surface area (Å²) in [5.41, 5.74) is 2.53. The minimum Gasteiger partial charge on any atom is -0.497 e. The highest BCUT2D eigenvalue weighted by atomic mass is 35.5. The van der Waals surface area contributed by atoms with Crippen molar-refractivity contribution in [1.29, 1.82) is 0 Å². The Morgan fingerprint density at radius 1 is 0.914 bits per heavy atom. The van der Waals surface area contributed by atoms with E-state index in [2.05, 4.69) is 4.90 Å². The van der Waals surface area contributed by atoms with Crippen LogP contribution in [0.2, 0.25) is 15.1 Å². The number of carbonyl (C=O) groups is 1. The van der Waals surface area contributed by atoms with Gasteiger partial charge in [0.15, 0.2) is 0 Å². The van der Waals surface area contributed by atoms with Gasteiger partial charge < -0.3 is 14.4 Å². The molecule has 4 rings (SSSR count). The van der Waals surface area contributed by atoms with Crippen molar-refractivity contribution in [2.75, 3.05) is 39.8 Å². The summed E-state index contributed by atoms with van der Waals surface area (Å²) < 4.78 is 11.8. The highest BCUT2D eigenvalue weighted by Crippen LogP contribution is 2.26. The number of ether oxygens (including phenoxy) is 2. The molecular weight excluding hydrogens is 507 g/mol. The Bertz CT molecular complexity index is 1170. The van der Waals surface area contributed by atoms with Gasteiger partial charge in [0.2, 0.25) is 0 Å². The largest absolute Gasteiger partial charge is 0.497 e. The molecule has 1 fully saturated rings. The van der Waals surface area contributed by atoms with Crippen molar-refractivity contribution in [3.05, 3.63) is 98.5 Å². The normalized spacial score (nSPS) is 15.1. The SMILES string of the molecule is COc1cccc(C(CN2CCN(C(=O)c3ccc(Cl)cc3Cl)CC2)OCc2cccc(Cl)c2)c1. The lowest BCUT2D eigenvalue weighted by Gasteiger charge is -2.36. The molecule has 1 aliphatic heterocycles. The molecule has 184 valence electrons. The van der Waals surface area contributed by atoms with Crippen LogP contribution in [-0.2, 0) is 11.3 Å². The zero-order valence-electron chi connectivity index (χ0n) is 19.4. The molecule has 1 atom stereocenters. The van der Waals surface area contributed by atoms with Crippen LogP contribution in [0.4, 0.5) is 0 Å². The second-order valence-electron chi connectivity index (χ2n) is 8.42. The van der Waals surface area contributed by atoms with Gasteiger partial charge >= 0.3 is 0 Å². The average Bonchev–Trinajstić information content (AvgIpc) is 2.86. The van der Waals surface area contributed by atoms with E-state index < -0.39 is 0 Å². The van der Waals surface area contributed by atoms with Crippen molar-refractivity contribution >= 4 is 40.7 Å². The van der Waals surface area contributed by atoms with Gasteiger partial charge in [-0.05, 0) is 53.6 Å². The van der Waals surface area contributed by atoms with Crippen LogP contribution in [-0.4, -0.2) is 55.5 Å². The lowest BCUT2D eigenvalue weighted by atomic mass is 10.1. The van der Waals surface area contributed by atoms with Gasteiger partial charge in [0.05, 0.1) is 30.4 Å². The van der Waals surface area contributed by atoms with Crippen molar-refractivity contribution in [2.45, 2.75) is 12.7 Å². The van der Waals surface area contributed by atoms with E-state index in [4.69, 9.17) is 44.3 Å². The molecule has 5 nitrogen and oxygen atoms in total. The van der Waals surface area contributed by atoms with Gasteiger partial charge in [0.25, 0.3) is 5.91 Å². The number of methoxy groups -OCH3 is 1. The fraction of sp³-hybridized carbons (Fsp3) is 0.296. The Labute approximate surface area is 221 Å². The summed E-state index contributed by atoms with van der Waals surface area (Å²) in [6, 6.07) is 20.6. The second-order valence-corrected chi connectivity index (χ2v) is 9.70. The number of hydrogen-bond acceptors (Lipinski definition) is 4. The molecule has 1 amide bonds. The van der Waals surface area contributed by atoms with E-state index in [1.165, 1.54) is 0 Å². The monoisotopic (exact) mass is 532 g/mol. The summed E-state index contributed by atoms with van der Waals surface area (Å²) >= 11 is 18.4. The predicted molar refractivity (Wildman–Crippen MR) is 141 cm³/mol. The summed E-state index contributed by atoms with van der Waals surface area (Å²) in [6.07, 6.45) is -0.169. The molecule has 0 spiro atoms. The number of halogens is 3. The molecular formula is C27H27Cl3N2O3. The maximum absolute atomic E-state index is 13.0. The van der Waals surface area contributed by atoms with Crippen molar-refractivity contribution in [3.63, 3.8) is 0 Å². The standard InChI is InChI=1S/C27H27Cl3N2O3/c1-34-23-7-3-5-20(15-23)26(35-18-19-4-2-6-21(28)14-19)17-31-10-12-32(13-11-31)27(33)24-9-8-22(29)16-25(24)30/h2-9,14-16,26H,10-13,17-18H2,1H3. The first-order chi connectivity index (χ1) is 16.9. The number of hydrogen-bond donors (Lipinski definition) is 0. The third-order valence-electron chi connectivity index (χ3n) is 6.05. The molecule has 0 radical (unpaired) electrons. The Morgan fingerprint density at radius 2 is 1.66 bits per heavy atom. The fourth-order valence-electron chi connectivity index (χ4n) is 4.12. The van der Waals surface area contributed by atoms with Crippen LogP contribution in [0.15, 0.2) is 66.7 Å². The van der Waals surface area contributed by atoms with E-state index >= 15 is 0 Å². The Morgan fingerprint density at radius 3 is 2.37 bits per heavy atom. The lowest BCUT2D eigenvalue weighted by Crippen LogP contribution is -2.49. The molecule has 1 aliphatic rings. The number of benzene rings is 3. The molecule has 0 N–H and O–H groups in total. The molecule has 8 heteroatoms. The van der Waals surface area contributed by atoms with E-state index in [0.29, 0.717) is 46.9 Å². The summed E-state index contributed by atoms with van der Waals surface area (Å²) in [7, 11) is 1.66. The summed E-state index contributed by atoms with van der Waals surface area (Å²) in [5, 5.41) is 1.57. The van der Waals surface area contributed by atoms with E-state index in [1.807, 2.05) is 53.4 Å². The van der Waals surface area contributed by atoms with Gasteiger partial charge in [0.1, 0.15) is 5.75 Å². The smallest absolute Gasteiger partial charge is 0.255 e. The predicted octanol–water partition coefficient (Wildman–Crippen LogP) is 6.37. The summed E-state index contributed by atoms with van der Waals surface area (Å²) in [4.78, 5) is 17.1. The lowest BCUT2D eigenvalue weighted by molar-refractivity contribution is 0.00334. The van der Waals surface area contributed by atoms with Gasteiger partial charge in [-0.1, -0.05) is 59.1 Å². The fourth-order valence-corrected chi connectivity index (χ4v) is 4.82. The van der Waals surface area contributed by atoms with Crippen molar-refractivity contribution in [3.8, 4) is 5.75 Å². The Kier molecular flexibility index (Phi) is 8.93. The average molecular weight is 534 g/mol. The Balaban J connectivity index is 1.41.